The van der Waals surface area contributed by atoms with Gasteiger partial charge in [-0.25, -0.2) is 4.98 Å². The molecule has 3 heterocycles. The number of aromatic nitrogens is 4. The number of likely N-dealkylation sites (tertiary alicyclic amines) is 1. The second-order valence-electron chi connectivity index (χ2n) is 5.95. The van der Waals surface area contributed by atoms with Crippen LogP contribution in [0.3, 0.4) is 0 Å². The van der Waals surface area contributed by atoms with Crippen molar-refractivity contribution in [1.82, 2.24) is 24.9 Å². The number of para-hydroxylation sites is 1. The highest BCUT2D eigenvalue weighted by Gasteiger charge is 2.30. The van der Waals surface area contributed by atoms with Crippen LogP contribution in [-0.2, 0) is 0 Å². The van der Waals surface area contributed by atoms with Gasteiger partial charge in [0.1, 0.15) is 6.10 Å². The molecular weight excluding hydrogens is 398 g/mol. The molecule has 1 amide bonds. The van der Waals surface area contributed by atoms with Gasteiger partial charge in [0.25, 0.3) is 5.91 Å². The van der Waals surface area contributed by atoms with Gasteiger partial charge in [-0.2, -0.15) is 9.90 Å². The predicted octanol–water partition coefficient (Wildman–Crippen LogP) is 2.72. The number of nitrogens with zero attached hydrogens (tertiary/aromatic N) is 5. The van der Waals surface area contributed by atoms with Crippen LogP contribution in [0.15, 0.2) is 59.3 Å². The SMILES string of the molecule is O=C(c1cnn(-c2ccccc2)n1)N1CCC(Oc2ccc(Br)cn2)C1. The van der Waals surface area contributed by atoms with Gasteiger partial charge in [-0.15, -0.1) is 5.10 Å². The average molecular weight is 414 g/mol. The number of carbonyl (C=O) groups excluding carboxylic acids is 1. The van der Waals surface area contributed by atoms with Gasteiger partial charge in [0.05, 0.1) is 18.4 Å². The molecule has 26 heavy (non-hydrogen) atoms. The fourth-order valence-corrected chi connectivity index (χ4v) is 3.05. The maximum atomic E-state index is 12.7. The van der Waals surface area contributed by atoms with E-state index in [1.54, 1.807) is 17.2 Å². The molecule has 0 aliphatic carbocycles. The summed E-state index contributed by atoms with van der Waals surface area (Å²) in [6, 6.07) is 13.2. The molecule has 1 aliphatic heterocycles. The number of amides is 1. The van der Waals surface area contributed by atoms with Crippen LogP contribution in [0, 0.1) is 0 Å². The minimum absolute atomic E-state index is 0.0724. The van der Waals surface area contributed by atoms with Crippen molar-refractivity contribution in [3.63, 3.8) is 0 Å². The lowest BCUT2D eigenvalue weighted by Crippen LogP contribution is -2.31. The maximum Gasteiger partial charge on any atom is 0.276 e. The third kappa shape index (κ3) is 3.60. The highest BCUT2D eigenvalue weighted by Crippen LogP contribution is 2.19. The summed E-state index contributed by atoms with van der Waals surface area (Å²) < 4.78 is 6.75. The van der Waals surface area contributed by atoms with E-state index < -0.39 is 0 Å². The van der Waals surface area contributed by atoms with Crippen molar-refractivity contribution in [2.24, 2.45) is 0 Å². The molecule has 0 N–H and O–H groups in total. The molecule has 1 atom stereocenters. The fraction of sp³-hybridized carbons (Fsp3) is 0.222. The Morgan fingerprint density at radius 1 is 1.15 bits per heavy atom. The van der Waals surface area contributed by atoms with Crippen molar-refractivity contribution >= 4 is 21.8 Å². The molecule has 1 unspecified atom stereocenters. The lowest BCUT2D eigenvalue weighted by molar-refractivity contribution is 0.0765. The number of pyridine rings is 1. The number of benzene rings is 1. The Morgan fingerprint density at radius 3 is 2.77 bits per heavy atom. The Morgan fingerprint density at radius 2 is 2.00 bits per heavy atom. The highest BCUT2D eigenvalue weighted by atomic mass is 79.9. The zero-order valence-corrected chi connectivity index (χ0v) is 15.4. The first kappa shape index (κ1) is 16.7. The Labute approximate surface area is 158 Å². The molecule has 1 fully saturated rings. The minimum Gasteiger partial charge on any atom is -0.472 e. The molecule has 0 saturated carbocycles. The second-order valence-corrected chi connectivity index (χ2v) is 6.86. The Hall–Kier alpha value is -2.74. The zero-order valence-electron chi connectivity index (χ0n) is 13.8. The summed E-state index contributed by atoms with van der Waals surface area (Å²) in [5, 5.41) is 8.49. The van der Waals surface area contributed by atoms with Crippen LogP contribution in [0.5, 0.6) is 5.88 Å². The van der Waals surface area contributed by atoms with Crippen LogP contribution in [0.4, 0.5) is 0 Å². The number of hydrogen-bond donors (Lipinski definition) is 0. The summed E-state index contributed by atoms with van der Waals surface area (Å²) in [6.07, 6.45) is 3.88. The average Bonchev–Trinajstić information content (AvgIpc) is 3.34. The van der Waals surface area contributed by atoms with E-state index in [9.17, 15) is 4.79 Å². The van der Waals surface area contributed by atoms with E-state index in [0.29, 0.717) is 24.7 Å². The summed E-state index contributed by atoms with van der Waals surface area (Å²) in [5.74, 6) is 0.421. The summed E-state index contributed by atoms with van der Waals surface area (Å²) >= 11 is 3.35. The highest BCUT2D eigenvalue weighted by molar-refractivity contribution is 9.10. The van der Waals surface area contributed by atoms with Gasteiger partial charge in [-0.05, 0) is 34.1 Å². The van der Waals surface area contributed by atoms with E-state index >= 15 is 0 Å². The Bertz CT molecular complexity index is 897. The quantitative estimate of drug-likeness (QED) is 0.657. The van der Waals surface area contributed by atoms with Crippen molar-refractivity contribution in [2.45, 2.75) is 12.5 Å². The van der Waals surface area contributed by atoms with Crippen LogP contribution in [0.25, 0.3) is 5.69 Å². The Balaban J connectivity index is 1.40. The number of ether oxygens (including phenoxy) is 1. The molecule has 1 aliphatic rings. The fourth-order valence-electron chi connectivity index (χ4n) is 2.82. The van der Waals surface area contributed by atoms with Crippen LogP contribution in [0.1, 0.15) is 16.9 Å². The minimum atomic E-state index is -0.137. The van der Waals surface area contributed by atoms with Crippen LogP contribution < -0.4 is 4.74 Å². The summed E-state index contributed by atoms with van der Waals surface area (Å²) in [6.45, 7) is 1.13. The smallest absolute Gasteiger partial charge is 0.276 e. The molecular formula is C18H16BrN5O2. The first-order valence-electron chi connectivity index (χ1n) is 8.24. The standard InChI is InChI=1S/C18H16BrN5O2/c19-13-6-7-17(20-10-13)26-15-8-9-23(12-15)18(25)16-11-21-24(22-16)14-4-2-1-3-5-14/h1-7,10-11,15H,8-9,12H2. The molecule has 1 saturated heterocycles. The number of hydrogen-bond acceptors (Lipinski definition) is 5. The first-order chi connectivity index (χ1) is 12.7. The van der Waals surface area contributed by atoms with Crippen molar-refractivity contribution in [3.8, 4) is 11.6 Å². The van der Waals surface area contributed by atoms with Gasteiger partial charge < -0.3 is 9.64 Å². The van der Waals surface area contributed by atoms with Crippen molar-refractivity contribution in [3.05, 3.63) is 65.0 Å². The molecule has 0 bridgehead atoms. The van der Waals surface area contributed by atoms with Gasteiger partial charge in [0.2, 0.25) is 5.88 Å². The predicted molar refractivity (Wildman–Crippen MR) is 98.2 cm³/mol. The third-order valence-corrected chi connectivity index (χ3v) is 4.59. The van der Waals surface area contributed by atoms with E-state index in [-0.39, 0.29) is 12.0 Å². The molecule has 2 aromatic heterocycles. The largest absolute Gasteiger partial charge is 0.472 e. The molecule has 7 nitrogen and oxygen atoms in total. The summed E-state index contributed by atoms with van der Waals surface area (Å²) in [7, 11) is 0. The van der Waals surface area contributed by atoms with Crippen molar-refractivity contribution in [2.75, 3.05) is 13.1 Å². The maximum absolute atomic E-state index is 12.7. The topological polar surface area (TPSA) is 73.1 Å². The zero-order chi connectivity index (χ0) is 17.9. The molecule has 0 radical (unpaired) electrons. The van der Waals surface area contributed by atoms with E-state index in [2.05, 4.69) is 31.1 Å². The van der Waals surface area contributed by atoms with Gasteiger partial charge in [-0.1, -0.05) is 18.2 Å². The number of rotatable bonds is 4. The normalized spacial score (nSPS) is 16.7. The van der Waals surface area contributed by atoms with Crippen molar-refractivity contribution < 1.29 is 9.53 Å². The van der Waals surface area contributed by atoms with Crippen LogP contribution in [-0.4, -0.2) is 50.0 Å². The van der Waals surface area contributed by atoms with Gasteiger partial charge >= 0.3 is 0 Å². The number of halogens is 1. The van der Waals surface area contributed by atoms with E-state index in [1.807, 2.05) is 36.4 Å². The van der Waals surface area contributed by atoms with Crippen LogP contribution in [0.2, 0.25) is 0 Å². The lowest BCUT2D eigenvalue weighted by Gasteiger charge is -2.15. The molecule has 8 heteroatoms. The molecule has 0 spiro atoms. The number of carbonyl (C=O) groups is 1. The van der Waals surface area contributed by atoms with Crippen molar-refractivity contribution in [1.29, 1.82) is 0 Å². The summed E-state index contributed by atoms with van der Waals surface area (Å²) in [5.41, 5.74) is 1.15. The van der Waals surface area contributed by atoms with E-state index in [4.69, 9.17) is 4.74 Å². The van der Waals surface area contributed by atoms with Gasteiger partial charge in [-0.3, -0.25) is 4.79 Å². The van der Waals surface area contributed by atoms with Gasteiger partial charge in [0, 0.05) is 29.7 Å². The molecule has 3 aromatic rings. The van der Waals surface area contributed by atoms with E-state index in [1.165, 1.54) is 11.0 Å². The van der Waals surface area contributed by atoms with Gasteiger partial charge in [0.15, 0.2) is 5.69 Å². The van der Waals surface area contributed by atoms with Crippen LogP contribution >= 0.6 is 15.9 Å². The third-order valence-electron chi connectivity index (χ3n) is 4.12. The lowest BCUT2D eigenvalue weighted by atomic mass is 10.3. The van der Waals surface area contributed by atoms with E-state index in [0.717, 1.165) is 16.6 Å². The summed E-state index contributed by atoms with van der Waals surface area (Å²) in [4.78, 5) is 20.1. The first-order valence-corrected chi connectivity index (χ1v) is 9.03. The molecule has 132 valence electrons. The Kier molecular flexibility index (Phi) is 4.66. The monoisotopic (exact) mass is 413 g/mol. The molecule has 4 rings (SSSR count). The molecule has 1 aromatic carbocycles. The second kappa shape index (κ2) is 7.25.